The Hall–Kier alpha value is -2.40. The Labute approximate surface area is 116 Å². The highest BCUT2D eigenvalue weighted by Gasteiger charge is 2.10. The third-order valence-electron chi connectivity index (χ3n) is 3.04. The van der Waals surface area contributed by atoms with Crippen LogP contribution >= 0.6 is 0 Å². The largest absolute Gasteiger partial charge is 0.508 e. The fraction of sp³-hybridized carbons (Fsp3) is 0.200. The fourth-order valence-electron chi connectivity index (χ4n) is 1.89. The van der Waals surface area contributed by atoms with Crippen molar-refractivity contribution in [2.45, 2.75) is 19.5 Å². The van der Waals surface area contributed by atoms with Gasteiger partial charge >= 0.3 is 0 Å². The number of aromatic hydroxyl groups is 1. The lowest BCUT2D eigenvalue weighted by Gasteiger charge is -2.13. The number of aromatic amines is 1. The van der Waals surface area contributed by atoms with Crippen molar-refractivity contribution in [3.63, 3.8) is 0 Å². The molecule has 0 amide bonds. The molecule has 1 heterocycles. The summed E-state index contributed by atoms with van der Waals surface area (Å²) in [5.41, 5.74) is 2.04. The lowest BCUT2D eigenvalue weighted by atomic mass is 10.1. The summed E-state index contributed by atoms with van der Waals surface area (Å²) in [6.45, 7) is 2.10. The Morgan fingerprint density at radius 3 is 2.65 bits per heavy atom. The summed E-state index contributed by atoms with van der Waals surface area (Å²) in [5, 5.41) is 12.2. The number of pyridine rings is 1. The average Bonchev–Trinajstić information content (AvgIpc) is 2.43. The number of aldehydes is 1. The minimum atomic E-state index is -0.517. The van der Waals surface area contributed by atoms with Crippen LogP contribution in [-0.2, 0) is 11.3 Å². The summed E-state index contributed by atoms with van der Waals surface area (Å²) >= 11 is 0. The van der Waals surface area contributed by atoms with Gasteiger partial charge in [0.2, 0.25) is 0 Å². The highest BCUT2D eigenvalue weighted by Crippen LogP contribution is 2.15. The number of hydrogen-bond acceptors (Lipinski definition) is 4. The first kappa shape index (κ1) is 14.0. The first-order valence-electron chi connectivity index (χ1n) is 6.26. The Morgan fingerprint density at radius 2 is 2.05 bits per heavy atom. The predicted octanol–water partition coefficient (Wildman–Crippen LogP) is 1.42. The molecule has 0 spiro atoms. The van der Waals surface area contributed by atoms with Crippen molar-refractivity contribution in [2.75, 3.05) is 0 Å². The van der Waals surface area contributed by atoms with Gasteiger partial charge in [-0.1, -0.05) is 12.1 Å². The van der Waals surface area contributed by atoms with E-state index in [0.717, 1.165) is 17.5 Å². The van der Waals surface area contributed by atoms with Crippen molar-refractivity contribution in [3.05, 3.63) is 63.6 Å². The van der Waals surface area contributed by atoms with Crippen LogP contribution in [0.5, 0.6) is 5.75 Å². The minimum Gasteiger partial charge on any atom is -0.508 e. The van der Waals surface area contributed by atoms with Crippen LogP contribution in [0.15, 0.2) is 41.3 Å². The van der Waals surface area contributed by atoms with Crippen molar-refractivity contribution in [1.82, 2.24) is 10.3 Å². The monoisotopic (exact) mass is 272 g/mol. The summed E-state index contributed by atoms with van der Waals surface area (Å²) < 4.78 is 0. The molecule has 0 aliphatic heterocycles. The smallest absolute Gasteiger partial charge is 0.186 e. The maximum absolute atomic E-state index is 11.7. The van der Waals surface area contributed by atoms with E-state index in [-0.39, 0.29) is 11.2 Å². The predicted molar refractivity (Wildman–Crippen MR) is 75.6 cm³/mol. The van der Waals surface area contributed by atoms with Crippen molar-refractivity contribution >= 4 is 6.29 Å². The molecule has 1 unspecified atom stereocenters. The molecule has 1 atom stereocenters. The van der Waals surface area contributed by atoms with E-state index in [9.17, 15) is 14.7 Å². The number of phenolic OH excluding ortho intramolecular Hbond substituents is 1. The van der Waals surface area contributed by atoms with E-state index in [4.69, 9.17) is 0 Å². The molecule has 3 N–H and O–H groups in total. The van der Waals surface area contributed by atoms with Gasteiger partial charge < -0.3 is 14.9 Å². The molecule has 0 radical (unpaired) electrons. The second-order valence-corrected chi connectivity index (χ2v) is 4.59. The molecule has 104 valence electrons. The zero-order valence-electron chi connectivity index (χ0n) is 11.1. The number of phenols is 1. The van der Waals surface area contributed by atoms with E-state index in [1.54, 1.807) is 18.3 Å². The van der Waals surface area contributed by atoms with Gasteiger partial charge in [0.15, 0.2) is 5.43 Å². The van der Waals surface area contributed by atoms with Gasteiger partial charge in [-0.05, 0) is 24.6 Å². The molecule has 0 saturated carbocycles. The van der Waals surface area contributed by atoms with Crippen LogP contribution in [0.1, 0.15) is 22.9 Å². The number of carbonyl (C=O) groups is 1. The standard InChI is InChI=1S/C15H16N2O3/c1-10-6-15(20)12(7-16-10)8-17-14(9-18)11-2-4-13(19)5-3-11/h2-7,9,14,17,19H,8H2,1H3,(H,16,20). The SMILES string of the molecule is Cc1cc(=O)c(CNC(C=O)c2ccc(O)cc2)c[nH]1. The topological polar surface area (TPSA) is 82.2 Å². The number of rotatable bonds is 5. The van der Waals surface area contributed by atoms with Gasteiger partial charge in [0, 0.05) is 30.1 Å². The molecule has 0 bridgehead atoms. The zero-order chi connectivity index (χ0) is 14.5. The first-order chi connectivity index (χ1) is 9.60. The second kappa shape index (κ2) is 6.16. The highest BCUT2D eigenvalue weighted by atomic mass is 16.3. The number of aromatic nitrogens is 1. The van der Waals surface area contributed by atoms with Gasteiger partial charge in [0.1, 0.15) is 12.0 Å². The van der Waals surface area contributed by atoms with Gasteiger partial charge in [-0.3, -0.25) is 10.1 Å². The maximum atomic E-state index is 11.7. The van der Waals surface area contributed by atoms with E-state index < -0.39 is 6.04 Å². The number of nitrogens with one attached hydrogen (secondary N) is 2. The summed E-state index contributed by atoms with van der Waals surface area (Å²) in [5.74, 6) is 0.147. The van der Waals surface area contributed by atoms with Crippen molar-refractivity contribution in [3.8, 4) is 5.75 Å². The van der Waals surface area contributed by atoms with E-state index in [2.05, 4.69) is 10.3 Å². The van der Waals surface area contributed by atoms with E-state index in [1.807, 2.05) is 6.92 Å². The molecule has 0 fully saturated rings. The molecule has 0 aliphatic rings. The number of carbonyl (C=O) groups excluding carboxylic acids is 1. The Kier molecular flexibility index (Phi) is 4.32. The Morgan fingerprint density at radius 1 is 1.35 bits per heavy atom. The third kappa shape index (κ3) is 3.33. The molecule has 0 aliphatic carbocycles. The molecule has 0 saturated heterocycles. The molecule has 5 nitrogen and oxygen atoms in total. The quantitative estimate of drug-likeness (QED) is 0.719. The summed E-state index contributed by atoms with van der Waals surface area (Å²) in [7, 11) is 0. The molecule has 20 heavy (non-hydrogen) atoms. The molecule has 2 aromatic rings. The highest BCUT2D eigenvalue weighted by molar-refractivity contribution is 5.61. The number of aryl methyl sites for hydroxylation is 1. The summed E-state index contributed by atoms with van der Waals surface area (Å²) in [4.78, 5) is 25.8. The molecule has 1 aromatic carbocycles. The molecule has 1 aromatic heterocycles. The van der Waals surface area contributed by atoms with E-state index in [0.29, 0.717) is 12.1 Å². The van der Waals surface area contributed by atoms with Crippen LogP contribution in [0.3, 0.4) is 0 Å². The molecular formula is C15H16N2O3. The van der Waals surface area contributed by atoms with Crippen LogP contribution in [0.25, 0.3) is 0 Å². The Bertz CT molecular complexity index is 647. The van der Waals surface area contributed by atoms with Crippen molar-refractivity contribution in [2.24, 2.45) is 0 Å². The third-order valence-corrected chi connectivity index (χ3v) is 3.04. The van der Waals surface area contributed by atoms with Crippen LogP contribution in [-0.4, -0.2) is 16.4 Å². The minimum absolute atomic E-state index is 0.0656. The van der Waals surface area contributed by atoms with E-state index >= 15 is 0 Å². The van der Waals surface area contributed by atoms with Gasteiger partial charge in [-0.2, -0.15) is 0 Å². The molecule has 2 rings (SSSR count). The van der Waals surface area contributed by atoms with Gasteiger partial charge in [0.05, 0.1) is 6.04 Å². The zero-order valence-corrected chi connectivity index (χ0v) is 11.1. The summed E-state index contributed by atoms with van der Waals surface area (Å²) in [6, 6.07) is 7.38. The van der Waals surface area contributed by atoms with Crippen LogP contribution in [0, 0.1) is 6.92 Å². The Balaban J connectivity index is 2.09. The van der Waals surface area contributed by atoms with Crippen molar-refractivity contribution in [1.29, 1.82) is 0 Å². The van der Waals surface area contributed by atoms with Crippen LogP contribution in [0.2, 0.25) is 0 Å². The van der Waals surface area contributed by atoms with Crippen molar-refractivity contribution < 1.29 is 9.90 Å². The number of hydrogen-bond donors (Lipinski definition) is 3. The normalized spacial score (nSPS) is 12.1. The maximum Gasteiger partial charge on any atom is 0.186 e. The van der Waals surface area contributed by atoms with Crippen LogP contribution in [0.4, 0.5) is 0 Å². The lowest BCUT2D eigenvalue weighted by Crippen LogP contribution is -2.25. The molecular weight excluding hydrogens is 256 g/mol. The van der Waals surface area contributed by atoms with Gasteiger partial charge in [0.25, 0.3) is 0 Å². The van der Waals surface area contributed by atoms with Gasteiger partial charge in [-0.15, -0.1) is 0 Å². The van der Waals surface area contributed by atoms with Crippen LogP contribution < -0.4 is 10.7 Å². The molecule has 5 heteroatoms. The lowest BCUT2D eigenvalue weighted by molar-refractivity contribution is -0.109. The number of H-pyrrole nitrogens is 1. The van der Waals surface area contributed by atoms with E-state index in [1.165, 1.54) is 18.2 Å². The number of benzene rings is 1. The summed E-state index contributed by atoms with van der Waals surface area (Å²) in [6.07, 6.45) is 2.41. The second-order valence-electron chi connectivity index (χ2n) is 4.59. The fourth-order valence-corrected chi connectivity index (χ4v) is 1.89. The first-order valence-corrected chi connectivity index (χ1v) is 6.26. The average molecular weight is 272 g/mol. The van der Waals surface area contributed by atoms with Gasteiger partial charge in [-0.25, -0.2) is 0 Å².